The van der Waals surface area contributed by atoms with E-state index in [0.29, 0.717) is 6.54 Å². The molecule has 1 saturated heterocycles. The zero-order valence-corrected chi connectivity index (χ0v) is 10.7. The summed E-state index contributed by atoms with van der Waals surface area (Å²) in [5.74, 6) is -1.08. The quantitative estimate of drug-likeness (QED) is 0.723. The van der Waals surface area contributed by atoms with Crippen LogP contribution < -0.4 is 5.32 Å². The molecule has 8 nitrogen and oxygen atoms in total. The summed E-state index contributed by atoms with van der Waals surface area (Å²) in [6.45, 7) is 4.61. The predicted molar refractivity (Wildman–Crippen MR) is 65.6 cm³/mol. The molecule has 0 aromatic carbocycles. The van der Waals surface area contributed by atoms with Gasteiger partial charge in [-0.05, 0) is 6.42 Å². The Morgan fingerprint density at radius 3 is 2.95 bits per heavy atom. The number of hydrogen-bond acceptors (Lipinski definition) is 5. The Morgan fingerprint density at radius 2 is 2.32 bits per heavy atom. The average molecular weight is 267 g/mol. The highest BCUT2D eigenvalue weighted by molar-refractivity contribution is 5.84. The van der Waals surface area contributed by atoms with Gasteiger partial charge in [0.15, 0.2) is 5.69 Å². The fourth-order valence-electron chi connectivity index (χ4n) is 2.19. The molecule has 1 atom stereocenters. The minimum absolute atomic E-state index is 0.00535. The first kappa shape index (κ1) is 13.5. The predicted octanol–water partition coefficient (Wildman–Crippen LogP) is -0.813. The zero-order valence-electron chi connectivity index (χ0n) is 10.7. The van der Waals surface area contributed by atoms with Gasteiger partial charge in [-0.3, -0.25) is 14.4 Å². The molecule has 8 heteroatoms. The molecule has 0 spiro atoms. The van der Waals surface area contributed by atoms with Gasteiger partial charge in [-0.25, -0.2) is 4.79 Å². The molecule has 2 rings (SSSR count). The maximum atomic E-state index is 10.9. The molecule has 2 N–H and O–H groups in total. The van der Waals surface area contributed by atoms with Crippen molar-refractivity contribution in [3.8, 4) is 0 Å². The van der Waals surface area contributed by atoms with E-state index in [1.807, 2.05) is 0 Å². The van der Waals surface area contributed by atoms with Gasteiger partial charge in [-0.15, -0.1) is 5.10 Å². The van der Waals surface area contributed by atoms with Crippen molar-refractivity contribution in [3.05, 3.63) is 11.9 Å². The van der Waals surface area contributed by atoms with E-state index in [0.717, 1.165) is 26.1 Å². The molecule has 19 heavy (non-hydrogen) atoms. The summed E-state index contributed by atoms with van der Waals surface area (Å²) in [7, 11) is 0. The van der Waals surface area contributed by atoms with Crippen molar-refractivity contribution < 1.29 is 14.7 Å². The second kappa shape index (κ2) is 5.79. The van der Waals surface area contributed by atoms with Gasteiger partial charge < -0.3 is 10.4 Å². The first-order valence-electron chi connectivity index (χ1n) is 6.17. The average Bonchev–Trinajstić information content (AvgIpc) is 2.94. The van der Waals surface area contributed by atoms with Crippen LogP contribution in [0.2, 0.25) is 0 Å². The van der Waals surface area contributed by atoms with E-state index in [-0.39, 0.29) is 17.6 Å². The molecular weight excluding hydrogens is 250 g/mol. The molecule has 0 radical (unpaired) electrons. The summed E-state index contributed by atoms with van der Waals surface area (Å²) in [5, 5.41) is 18.9. The lowest BCUT2D eigenvalue weighted by atomic mass is 10.3. The van der Waals surface area contributed by atoms with E-state index in [4.69, 9.17) is 5.11 Å². The lowest BCUT2D eigenvalue weighted by Gasteiger charge is -2.15. The van der Waals surface area contributed by atoms with Crippen molar-refractivity contribution in [2.45, 2.75) is 25.9 Å². The second-order valence-electron chi connectivity index (χ2n) is 4.66. The Bertz CT molecular complexity index is 473. The summed E-state index contributed by atoms with van der Waals surface area (Å²) in [5.41, 5.74) is -0.0439. The van der Waals surface area contributed by atoms with Gasteiger partial charge in [0.1, 0.15) is 0 Å². The monoisotopic (exact) mass is 267 g/mol. The number of nitrogens with one attached hydrogen (secondary N) is 1. The highest BCUT2D eigenvalue weighted by atomic mass is 16.4. The van der Waals surface area contributed by atoms with E-state index in [9.17, 15) is 9.59 Å². The third-order valence-corrected chi connectivity index (χ3v) is 3.08. The van der Waals surface area contributed by atoms with Crippen molar-refractivity contribution in [1.29, 1.82) is 0 Å². The van der Waals surface area contributed by atoms with Crippen molar-refractivity contribution in [1.82, 2.24) is 25.2 Å². The number of amides is 1. The number of carbonyl (C=O) groups excluding carboxylic acids is 1. The summed E-state index contributed by atoms with van der Waals surface area (Å²) in [4.78, 5) is 23.8. The van der Waals surface area contributed by atoms with Crippen molar-refractivity contribution in [2.75, 3.05) is 19.6 Å². The summed E-state index contributed by atoms with van der Waals surface area (Å²) in [6, 6.07) is 0.211. The number of hydrogen-bond donors (Lipinski definition) is 2. The van der Waals surface area contributed by atoms with Crippen molar-refractivity contribution in [2.24, 2.45) is 0 Å². The van der Waals surface area contributed by atoms with Crippen LogP contribution in [0.25, 0.3) is 0 Å². The highest BCUT2D eigenvalue weighted by Gasteiger charge is 2.22. The Kier molecular flexibility index (Phi) is 4.10. The Hall–Kier alpha value is -1.96. The van der Waals surface area contributed by atoms with Crippen LogP contribution in [0.1, 0.15) is 23.8 Å². The van der Waals surface area contributed by atoms with Gasteiger partial charge in [0.25, 0.3) is 0 Å². The maximum Gasteiger partial charge on any atom is 0.358 e. The minimum Gasteiger partial charge on any atom is -0.476 e. The molecule has 0 saturated carbocycles. The molecule has 1 aliphatic rings. The van der Waals surface area contributed by atoms with Crippen LogP contribution in [0.3, 0.4) is 0 Å². The van der Waals surface area contributed by atoms with Crippen molar-refractivity contribution >= 4 is 11.9 Å². The van der Waals surface area contributed by atoms with Gasteiger partial charge in [0.2, 0.25) is 5.91 Å². The zero-order chi connectivity index (χ0) is 13.8. The van der Waals surface area contributed by atoms with E-state index in [2.05, 4.69) is 20.5 Å². The molecule has 104 valence electrons. The fourth-order valence-corrected chi connectivity index (χ4v) is 2.19. The lowest BCUT2D eigenvalue weighted by Crippen LogP contribution is -2.36. The molecular formula is C11H17N5O3. The highest BCUT2D eigenvalue weighted by Crippen LogP contribution is 2.08. The van der Waals surface area contributed by atoms with Crippen LogP contribution in [0, 0.1) is 0 Å². The maximum absolute atomic E-state index is 10.9. The number of carboxylic acid groups (broad SMARTS) is 1. The number of nitrogens with zero attached hydrogens (tertiary/aromatic N) is 4. The molecule has 2 heterocycles. The Morgan fingerprint density at radius 1 is 1.53 bits per heavy atom. The fraction of sp³-hybridized carbons (Fsp3) is 0.636. The second-order valence-corrected chi connectivity index (χ2v) is 4.66. The van der Waals surface area contributed by atoms with Crippen LogP contribution >= 0.6 is 0 Å². The van der Waals surface area contributed by atoms with Gasteiger partial charge in [-0.1, -0.05) is 5.21 Å². The molecule has 1 fully saturated rings. The molecule has 1 aliphatic heterocycles. The SMILES string of the molecule is CC(=O)NC1CCN(CCn2cc(C(=O)O)nn2)C1. The number of aromatic carboxylic acids is 1. The molecule has 0 aliphatic carbocycles. The molecule has 1 aromatic heterocycles. The number of aromatic nitrogens is 3. The van der Waals surface area contributed by atoms with E-state index < -0.39 is 5.97 Å². The summed E-state index contributed by atoms with van der Waals surface area (Å²) in [6.07, 6.45) is 2.36. The Balaban J connectivity index is 1.77. The van der Waals surface area contributed by atoms with E-state index in [1.165, 1.54) is 17.8 Å². The van der Waals surface area contributed by atoms with Gasteiger partial charge in [-0.2, -0.15) is 0 Å². The first-order chi connectivity index (χ1) is 9.04. The minimum atomic E-state index is -1.07. The van der Waals surface area contributed by atoms with Crippen LogP contribution in [-0.2, 0) is 11.3 Å². The third kappa shape index (κ3) is 3.75. The number of carbonyl (C=O) groups is 2. The summed E-state index contributed by atoms with van der Waals surface area (Å²) < 4.78 is 1.52. The molecule has 1 aromatic rings. The third-order valence-electron chi connectivity index (χ3n) is 3.08. The van der Waals surface area contributed by atoms with E-state index >= 15 is 0 Å². The topological polar surface area (TPSA) is 100 Å². The Labute approximate surface area is 110 Å². The van der Waals surface area contributed by atoms with Gasteiger partial charge in [0.05, 0.1) is 12.7 Å². The molecule has 0 bridgehead atoms. The number of likely N-dealkylation sites (tertiary alicyclic amines) is 1. The molecule has 1 unspecified atom stereocenters. The largest absolute Gasteiger partial charge is 0.476 e. The smallest absolute Gasteiger partial charge is 0.358 e. The first-order valence-corrected chi connectivity index (χ1v) is 6.17. The van der Waals surface area contributed by atoms with Crippen LogP contribution in [-0.4, -0.2) is 62.6 Å². The number of carboxylic acids is 1. The van der Waals surface area contributed by atoms with Gasteiger partial charge in [0, 0.05) is 32.6 Å². The standard InChI is InChI=1S/C11H17N5O3/c1-8(17)12-9-2-3-15(6-9)4-5-16-7-10(11(18)19)13-14-16/h7,9H,2-6H2,1H3,(H,12,17)(H,18,19). The van der Waals surface area contributed by atoms with Crippen molar-refractivity contribution in [3.63, 3.8) is 0 Å². The van der Waals surface area contributed by atoms with E-state index in [1.54, 1.807) is 0 Å². The normalized spacial score (nSPS) is 19.5. The van der Waals surface area contributed by atoms with Crippen LogP contribution in [0.15, 0.2) is 6.20 Å². The summed E-state index contributed by atoms with van der Waals surface area (Å²) >= 11 is 0. The van der Waals surface area contributed by atoms with Crippen LogP contribution in [0.4, 0.5) is 0 Å². The lowest BCUT2D eigenvalue weighted by molar-refractivity contribution is -0.119. The number of rotatable bonds is 5. The van der Waals surface area contributed by atoms with Crippen LogP contribution in [0.5, 0.6) is 0 Å². The molecule has 1 amide bonds. The van der Waals surface area contributed by atoms with Gasteiger partial charge >= 0.3 is 5.97 Å².